The van der Waals surface area contributed by atoms with Gasteiger partial charge in [-0.2, -0.15) is 13.2 Å². The predicted octanol–water partition coefficient (Wildman–Crippen LogP) is 2.15. The summed E-state index contributed by atoms with van der Waals surface area (Å²) in [7, 11) is 0. The molecule has 0 fully saturated rings. The van der Waals surface area contributed by atoms with Gasteiger partial charge in [-0.15, -0.1) is 11.3 Å². The van der Waals surface area contributed by atoms with E-state index in [1.165, 1.54) is 11.3 Å². The molecule has 1 aromatic heterocycles. The summed E-state index contributed by atoms with van der Waals surface area (Å²) in [5, 5.41) is 2.59. The fourth-order valence-corrected chi connectivity index (χ4v) is 1.88. The van der Waals surface area contributed by atoms with Crippen LogP contribution in [0.5, 0.6) is 0 Å². The van der Waals surface area contributed by atoms with Crippen molar-refractivity contribution in [2.24, 2.45) is 0 Å². The molecule has 0 bridgehead atoms. The summed E-state index contributed by atoms with van der Waals surface area (Å²) in [6.07, 6.45) is -3.97. The summed E-state index contributed by atoms with van der Waals surface area (Å²) in [5.41, 5.74) is 2.21. The van der Waals surface area contributed by atoms with Crippen LogP contribution in [0.15, 0.2) is 5.51 Å². The number of alkyl halides is 3. The third kappa shape index (κ3) is 5.46. The van der Waals surface area contributed by atoms with Gasteiger partial charge in [0.15, 0.2) is 0 Å². The molecule has 8 heteroatoms. The summed E-state index contributed by atoms with van der Waals surface area (Å²) < 4.78 is 39.6. The van der Waals surface area contributed by atoms with E-state index in [0.29, 0.717) is 17.0 Å². The summed E-state index contributed by atoms with van der Waals surface area (Å²) in [6, 6.07) is 0. The van der Waals surface area contributed by atoms with Crippen LogP contribution in [0.25, 0.3) is 0 Å². The van der Waals surface area contributed by atoms with Crippen molar-refractivity contribution in [3.63, 3.8) is 0 Å². The fourth-order valence-electron chi connectivity index (χ4n) is 1.16. The van der Waals surface area contributed by atoms with Crippen LogP contribution in [0, 0.1) is 6.92 Å². The Morgan fingerprint density at radius 1 is 1.56 bits per heavy atom. The van der Waals surface area contributed by atoms with Crippen molar-refractivity contribution >= 4 is 17.2 Å². The Kier molecular flexibility index (Phi) is 5.54. The molecule has 1 aromatic rings. The number of halogens is 3. The lowest BCUT2D eigenvalue weighted by atomic mass is 10.3. The van der Waals surface area contributed by atoms with Gasteiger partial charge in [0.25, 0.3) is 5.91 Å². The van der Waals surface area contributed by atoms with Crippen LogP contribution < -0.4 is 5.32 Å². The molecule has 1 N–H and O–H groups in total. The van der Waals surface area contributed by atoms with E-state index in [0.717, 1.165) is 0 Å². The Labute approximate surface area is 106 Å². The Bertz CT molecular complexity index is 393. The molecule has 1 amide bonds. The number of ether oxygens (including phenoxy) is 1. The van der Waals surface area contributed by atoms with E-state index < -0.39 is 12.8 Å². The second kappa shape index (κ2) is 6.69. The van der Waals surface area contributed by atoms with Gasteiger partial charge in [0, 0.05) is 13.2 Å². The second-order valence-electron chi connectivity index (χ2n) is 3.54. The smallest absolute Gasteiger partial charge is 0.372 e. The van der Waals surface area contributed by atoms with E-state index in [1.807, 2.05) is 0 Å². The molecule has 4 nitrogen and oxygen atoms in total. The molecule has 0 aliphatic heterocycles. The molecule has 0 radical (unpaired) electrons. The van der Waals surface area contributed by atoms with Gasteiger partial charge >= 0.3 is 6.18 Å². The van der Waals surface area contributed by atoms with Gasteiger partial charge in [-0.05, 0) is 13.3 Å². The number of hydrogen-bond donors (Lipinski definition) is 1. The Balaban J connectivity index is 2.12. The molecule has 18 heavy (non-hydrogen) atoms. The van der Waals surface area contributed by atoms with E-state index in [9.17, 15) is 18.0 Å². The van der Waals surface area contributed by atoms with Gasteiger partial charge in [-0.3, -0.25) is 4.79 Å². The molecule has 0 spiro atoms. The van der Waals surface area contributed by atoms with Crippen LogP contribution in [-0.4, -0.2) is 36.8 Å². The summed E-state index contributed by atoms with van der Waals surface area (Å²) in [4.78, 5) is 16.0. The normalized spacial score (nSPS) is 11.6. The first kappa shape index (κ1) is 14.9. The molecule has 0 saturated heterocycles. The number of rotatable bonds is 6. The number of carbonyl (C=O) groups is 1. The van der Waals surface area contributed by atoms with E-state index in [-0.39, 0.29) is 19.1 Å². The maximum Gasteiger partial charge on any atom is 0.411 e. The number of carbonyl (C=O) groups excluding carboxylic acids is 1. The van der Waals surface area contributed by atoms with E-state index >= 15 is 0 Å². The Morgan fingerprint density at radius 3 is 2.83 bits per heavy atom. The fraction of sp³-hybridized carbons (Fsp3) is 0.600. The van der Waals surface area contributed by atoms with E-state index in [2.05, 4.69) is 15.0 Å². The molecule has 102 valence electrons. The Hall–Kier alpha value is -1.15. The molecule has 0 atom stereocenters. The van der Waals surface area contributed by atoms with Gasteiger partial charge in [-0.1, -0.05) is 0 Å². The lowest BCUT2D eigenvalue weighted by Gasteiger charge is -2.07. The zero-order valence-electron chi connectivity index (χ0n) is 9.71. The average molecular weight is 282 g/mol. The van der Waals surface area contributed by atoms with Crippen LogP contribution in [0.4, 0.5) is 13.2 Å². The standard InChI is InChI=1S/C10H13F3N2O2S/c1-7-8(18-6-15-7)9(16)14-3-2-4-17-5-10(11,12)13/h6H,2-5H2,1H3,(H,14,16). The maximum atomic E-state index is 11.7. The molecule has 0 aromatic carbocycles. The summed E-state index contributed by atoms with van der Waals surface area (Å²) >= 11 is 1.23. The van der Waals surface area contributed by atoms with Crippen molar-refractivity contribution < 1.29 is 22.7 Å². The van der Waals surface area contributed by atoms with Gasteiger partial charge in [0.2, 0.25) is 0 Å². The molecule has 0 aliphatic rings. The van der Waals surface area contributed by atoms with E-state index in [4.69, 9.17) is 0 Å². The average Bonchev–Trinajstić information content (AvgIpc) is 2.68. The number of nitrogens with one attached hydrogen (secondary N) is 1. The molecular formula is C10H13F3N2O2S. The quantitative estimate of drug-likeness (QED) is 0.813. The van der Waals surface area contributed by atoms with Crippen LogP contribution in [0.3, 0.4) is 0 Å². The molecule has 0 unspecified atom stereocenters. The number of hydrogen-bond acceptors (Lipinski definition) is 4. The highest BCUT2D eigenvalue weighted by Gasteiger charge is 2.27. The van der Waals surface area contributed by atoms with Crippen molar-refractivity contribution in [2.75, 3.05) is 19.8 Å². The minimum atomic E-state index is -4.30. The molecule has 0 aliphatic carbocycles. The summed E-state index contributed by atoms with van der Waals surface area (Å²) in [6.45, 7) is 0.697. The lowest BCUT2D eigenvalue weighted by molar-refractivity contribution is -0.173. The monoisotopic (exact) mass is 282 g/mol. The van der Waals surface area contributed by atoms with Gasteiger partial charge in [-0.25, -0.2) is 4.98 Å². The van der Waals surface area contributed by atoms with Gasteiger partial charge < -0.3 is 10.1 Å². The van der Waals surface area contributed by atoms with Crippen molar-refractivity contribution in [1.82, 2.24) is 10.3 Å². The molecule has 1 rings (SSSR count). The van der Waals surface area contributed by atoms with E-state index in [1.54, 1.807) is 12.4 Å². The maximum absolute atomic E-state index is 11.7. The number of nitrogens with zero attached hydrogens (tertiary/aromatic N) is 1. The first-order valence-corrected chi connectivity index (χ1v) is 6.11. The third-order valence-electron chi connectivity index (χ3n) is 1.97. The van der Waals surface area contributed by atoms with Crippen LogP contribution in [0.1, 0.15) is 21.8 Å². The highest BCUT2D eigenvalue weighted by molar-refractivity contribution is 7.11. The minimum absolute atomic E-state index is 0.0402. The van der Waals surface area contributed by atoms with Crippen LogP contribution in [-0.2, 0) is 4.74 Å². The van der Waals surface area contributed by atoms with Crippen molar-refractivity contribution in [3.05, 3.63) is 16.1 Å². The number of aryl methyl sites for hydroxylation is 1. The minimum Gasteiger partial charge on any atom is -0.372 e. The largest absolute Gasteiger partial charge is 0.411 e. The zero-order valence-corrected chi connectivity index (χ0v) is 10.5. The number of thiazole rings is 1. The molecule has 0 saturated carbocycles. The van der Waals surface area contributed by atoms with Crippen molar-refractivity contribution in [1.29, 1.82) is 0 Å². The third-order valence-corrected chi connectivity index (χ3v) is 2.90. The zero-order chi connectivity index (χ0) is 13.6. The molecular weight excluding hydrogens is 269 g/mol. The van der Waals surface area contributed by atoms with Crippen molar-refractivity contribution in [3.8, 4) is 0 Å². The van der Waals surface area contributed by atoms with Gasteiger partial charge in [0.05, 0.1) is 11.2 Å². The molecule has 1 heterocycles. The second-order valence-corrected chi connectivity index (χ2v) is 4.40. The number of amides is 1. The predicted molar refractivity (Wildman–Crippen MR) is 60.7 cm³/mol. The van der Waals surface area contributed by atoms with Crippen LogP contribution in [0.2, 0.25) is 0 Å². The highest BCUT2D eigenvalue weighted by atomic mass is 32.1. The first-order valence-electron chi connectivity index (χ1n) is 5.23. The van der Waals surface area contributed by atoms with Gasteiger partial charge in [0.1, 0.15) is 11.5 Å². The summed E-state index contributed by atoms with van der Waals surface area (Å²) in [5.74, 6) is -0.258. The lowest BCUT2D eigenvalue weighted by Crippen LogP contribution is -2.25. The highest BCUT2D eigenvalue weighted by Crippen LogP contribution is 2.14. The SMILES string of the molecule is Cc1ncsc1C(=O)NCCCOCC(F)(F)F. The Morgan fingerprint density at radius 2 is 2.28 bits per heavy atom. The van der Waals surface area contributed by atoms with Crippen molar-refractivity contribution in [2.45, 2.75) is 19.5 Å². The first-order chi connectivity index (χ1) is 8.40. The topological polar surface area (TPSA) is 51.2 Å². The number of aromatic nitrogens is 1. The van der Waals surface area contributed by atoms with Crippen LogP contribution >= 0.6 is 11.3 Å².